The summed E-state index contributed by atoms with van der Waals surface area (Å²) < 4.78 is 1.12. The van der Waals surface area contributed by atoms with Crippen molar-refractivity contribution in [3.05, 3.63) is 46.5 Å². The Labute approximate surface area is 148 Å². The van der Waals surface area contributed by atoms with E-state index in [1.54, 1.807) is 0 Å². The number of benzene rings is 1. The van der Waals surface area contributed by atoms with Crippen molar-refractivity contribution in [3.63, 3.8) is 0 Å². The third-order valence-corrected chi connectivity index (χ3v) is 4.78. The van der Waals surface area contributed by atoms with E-state index >= 15 is 0 Å². The summed E-state index contributed by atoms with van der Waals surface area (Å²) >= 11 is 3.51. The van der Waals surface area contributed by atoms with Crippen LogP contribution in [0.25, 0.3) is 0 Å². The van der Waals surface area contributed by atoms with Gasteiger partial charge in [0.05, 0.1) is 0 Å². The van der Waals surface area contributed by atoms with Crippen molar-refractivity contribution in [2.45, 2.75) is 32.4 Å². The molecule has 23 heavy (non-hydrogen) atoms. The van der Waals surface area contributed by atoms with E-state index in [2.05, 4.69) is 68.2 Å². The molecule has 1 aliphatic rings. The molecule has 2 N–H and O–H groups in total. The fraction of sp³-hybridized carbons (Fsp3) is 0.500. The molecule has 0 aromatic heterocycles. The van der Waals surface area contributed by atoms with Gasteiger partial charge in [0.15, 0.2) is 5.96 Å². The number of nitrogens with zero attached hydrogens (tertiary/aromatic N) is 2. The zero-order valence-corrected chi connectivity index (χ0v) is 15.7. The molecule has 1 aromatic rings. The van der Waals surface area contributed by atoms with E-state index in [1.165, 1.54) is 11.1 Å². The molecule has 4 nitrogen and oxygen atoms in total. The second-order valence-corrected chi connectivity index (χ2v) is 6.92. The quantitative estimate of drug-likeness (QED) is 0.469. The lowest BCUT2D eigenvalue weighted by Gasteiger charge is -2.32. The van der Waals surface area contributed by atoms with Crippen LogP contribution in [0.2, 0.25) is 0 Å². The van der Waals surface area contributed by atoms with Gasteiger partial charge in [-0.2, -0.15) is 0 Å². The lowest BCUT2D eigenvalue weighted by Crippen LogP contribution is -2.48. The first-order chi connectivity index (χ1) is 11.1. The van der Waals surface area contributed by atoms with Crippen molar-refractivity contribution in [2.24, 2.45) is 4.99 Å². The van der Waals surface area contributed by atoms with Crippen molar-refractivity contribution in [1.82, 2.24) is 15.5 Å². The summed E-state index contributed by atoms with van der Waals surface area (Å²) in [6.07, 6.45) is 4.27. The predicted molar refractivity (Wildman–Crippen MR) is 102 cm³/mol. The van der Waals surface area contributed by atoms with Crippen LogP contribution in [-0.4, -0.2) is 43.6 Å². The largest absolute Gasteiger partial charge is 0.354 e. The van der Waals surface area contributed by atoms with E-state index in [-0.39, 0.29) is 0 Å². The van der Waals surface area contributed by atoms with Crippen LogP contribution in [0.15, 0.2) is 40.3 Å². The summed E-state index contributed by atoms with van der Waals surface area (Å²) in [5, 5.41) is 6.97. The Morgan fingerprint density at radius 3 is 2.78 bits per heavy atom. The topological polar surface area (TPSA) is 39.7 Å². The molecular formula is C18H27BrN4. The number of likely N-dealkylation sites (tertiary alicyclic amines) is 1. The first-order valence-electron chi connectivity index (χ1n) is 8.18. The second-order valence-electron chi connectivity index (χ2n) is 6.00. The molecule has 126 valence electrons. The first kappa shape index (κ1) is 18.0. The number of rotatable bonds is 5. The van der Waals surface area contributed by atoms with Gasteiger partial charge in [0.25, 0.3) is 0 Å². The third-order valence-electron chi connectivity index (χ3n) is 4.29. The molecule has 2 rings (SSSR count). The monoisotopic (exact) mass is 378 g/mol. The minimum atomic E-state index is 0.494. The van der Waals surface area contributed by atoms with Crippen LogP contribution >= 0.6 is 15.9 Å². The van der Waals surface area contributed by atoms with Crippen LogP contribution < -0.4 is 10.6 Å². The van der Waals surface area contributed by atoms with Gasteiger partial charge in [-0.3, -0.25) is 9.89 Å². The molecule has 5 heteroatoms. The maximum absolute atomic E-state index is 4.36. The Balaban J connectivity index is 1.81. The Kier molecular flexibility index (Phi) is 7.12. The molecular weight excluding hydrogens is 352 g/mol. The van der Waals surface area contributed by atoms with Gasteiger partial charge in [-0.25, -0.2) is 0 Å². The van der Waals surface area contributed by atoms with Crippen molar-refractivity contribution in [1.29, 1.82) is 0 Å². The molecule has 0 aliphatic carbocycles. The molecule has 1 saturated heterocycles. The van der Waals surface area contributed by atoms with Gasteiger partial charge in [0, 0.05) is 43.7 Å². The molecule has 0 amide bonds. The fourth-order valence-corrected chi connectivity index (χ4v) is 3.34. The number of aryl methyl sites for hydroxylation is 1. The zero-order valence-electron chi connectivity index (χ0n) is 14.1. The summed E-state index contributed by atoms with van der Waals surface area (Å²) in [5.41, 5.74) is 2.57. The van der Waals surface area contributed by atoms with E-state index in [9.17, 15) is 0 Å². The number of hydrogen-bond donors (Lipinski definition) is 2. The lowest BCUT2D eigenvalue weighted by atomic mass is 10.1. The number of hydrogen-bond acceptors (Lipinski definition) is 2. The molecule has 0 atom stereocenters. The van der Waals surface area contributed by atoms with Gasteiger partial charge in [-0.1, -0.05) is 28.1 Å². The Bertz CT molecular complexity index is 548. The zero-order chi connectivity index (χ0) is 16.7. The highest BCUT2D eigenvalue weighted by Gasteiger charge is 2.19. The number of nitrogens with one attached hydrogen (secondary N) is 2. The predicted octanol–water partition coefficient (Wildman–Crippen LogP) is 3.07. The van der Waals surface area contributed by atoms with Crippen molar-refractivity contribution >= 4 is 21.9 Å². The van der Waals surface area contributed by atoms with Crippen LogP contribution in [0.4, 0.5) is 0 Å². The second kappa shape index (κ2) is 9.08. The molecule has 0 unspecified atom stereocenters. The molecule has 0 radical (unpaired) electrons. The van der Waals surface area contributed by atoms with Crippen LogP contribution in [0.1, 0.15) is 24.0 Å². The van der Waals surface area contributed by atoms with Crippen molar-refractivity contribution < 1.29 is 0 Å². The van der Waals surface area contributed by atoms with Gasteiger partial charge in [-0.15, -0.1) is 6.58 Å². The number of aliphatic imine (C=N–C) groups is 1. The van der Waals surface area contributed by atoms with Crippen LogP contribution in [0.3, 0.4) is 0 Å². The highest BCUT2D eigenvalue weighted by molar-refractivity contribution is 9.10. The summed E-state index contributed by atoms with van der Waals surface area (Å²) in [4.78, 5) is 6.79. The molecule has 0 bridgehead atoms. The minimum Gasteiger partial charge on any atom is -0.354 e. The molecule has 1 fully saturated rings. The number of guanidine groups is 1. The van der Waals surface area contributed by atoms with Crippen molar-refractivity contribution in [2.75, 3.05) is 26.7 Å². The van der Waals surface area contributed by atoms with Crippen LogP contribution in [0.5, 0.6) is 0 Å². The molecule has 1 aliphatic heterocycles. The average Bonchev–Trinajstić information content (AvgIpc) is 2.54. The van der Waals surface area contributed by atoms with Gasteiger partial charge >= 0.3 is 0 Å². The summed E-state index contributed by atoms with van der Waals surface area (Å²) in [5.74, 6) is 0.884. The van der Waals surface area contributed by atoms with E-state index < -0.39 is 0 Å². The van der Waals surface area contributed by atoms with Crippen LogP contribution in [0, 0.1) is 6.92 Å². The minimum absolute atomic E-state index is 0.494. The summed E-state index contributed by atoms with van der Waals surface area (Å²) in [7, 11) is 1.83. The lowest BCUT2D eigenvalue weighted by molar-refractivity contribution is 0.225. The molecule has 1 heterocycles. The third kappa shape index (κ3) is 5.66. The standard InChI is InChI=1S/C18H27BrN4/c1-4-9-23-10-7-17(8-11-23)22-18(20-3)21-13-15-5-6-16(19)12-14(15)2/h4-6,12,17H,1,7-11,13H2,2-3H3,(H2,20,21,22). The van der Waals surface area contributed by atoms with E-state index in [0.717, 1.165) is 49.5 Å². The molecule has 1 aromatic carbocycles. The van der Waals surface area contributed by atoms with E-state index in [4.69, 9.17) is 0 Å². The normalized spacial score (nSPS) is 17.1. The van der Waals surface area contributed by atoms with Crippen molar-refractivity contribution in [3.8, 4) is 0 Å². The maximum atomic E-state index is 4.36. The van der Waals surface area contributed by atoms with Gasteiger partial charge in [0.1, 0.15) is 0 Å². The Morgan fingerprint density at radius 1 is 1.43 bits per heavy atom. The Morgan fingerprint density at radius 2 is 2.17 bits per heavy atom. The number of piperidine rings is 1. The maximum Gasteiger partial charge on any atom is 0.191 e. The first-order valence-corrected chi connectivity index (χ1v) is 8.97. The SMILES string of the molecule is C=CCN1CCC(NC(=NC)NCc2ccc(Br)cc2C)CC1. The molecule has 0 spiro atoms. The highest BCUT2D eigenvalue weighted by Crippen LogP contribution is 2.15. The Hall–Kier alpha value is -1.33. The van der Waals surface area contributed by atoms with Gasteiger partial charge in [-0.05, 0) is 43.0 Å². The summed E-state index contributed by atoms with van der Waals surface area (Å²) in [6.45, 7) is 9.95. The van der Waals surface area contributed by atoms with E-state index in [0.29, 0.717) is 6.04 Å². The molecule has 0 saturated carbocycles. The fourth-order valence-electron chi connectivity index (χ4n) is 2.87. The highest BCUT2D eigenvalue weighted by atomic mass is 79.9. The smallest absolute Gasteiger partial charge is 0.191 e. The van der Waals surface area contributed by atoms with Gasteiger partial charge < -0.3 is 10.6 Å². The number of halogens is 1. The van der Waals surface area contributed by atoms with E-state index in [1.807, 2.05) is 13.1 Å². The van der Waals surface area contributed by atoms with Gasteiger partial charge in [0.2, 0.25) is 0 Å². The average molecular weight is 379 g/mol. The van der Waals surface area contributed by atoms with Crippen LogP contribution in [-0.2, 0) is 6.54 Å². The summed E-state index contributed by atoms with van der Waals surface area (Å²) in [6, 6.07) is 6.86.